The minimum Gasteiger partial charge on any atom is -0.471 e. The summed E-state index contributed by atoms with van der Waals surface area (Å²) in [5.41, 5.74) is 9.72. The Kier molecular flexibility index (Phi) is 5.88. The van der Waals surface area contributed by atoms with Gasteiger partial charge in [0.15, 0.2) is 10.6 Å². The van der Waals surface area contributed by atoms with Crippen LogP contribution in [-0.4, -0.2) is 91.8 Å². The van der Waals surface area contributed by atoms with Crippen molar-refractivity contribution in [2.75, 3.05) is 48.7 Å². The summed E-state index contributed by atoms with van der Waals surface area (Å²) in [5.74, 6) is 1.29. The van der Waals surface area contributed by atoms with Crippen LogP contribution in [0.25, 0.3) is 10.3 Å². The van der Waals surface area contributed by atoms with Gasteiger partial charge in [0.05, 0.1) is 30.5 Å². The van der Waals surface area contributed by atoms with Crippen molar-refractivity contribution in [3.05, 3.63) is 23.3 Å². The van der Waals surface area contributed by atoms with E-state index in [4.69, 9.17) is 15.6 Å². The second-order valence-electron chi connectivity index (χ2n) is 8.59. The number of thiazole rings is 1. The van der Waals surface area contributed by atoms with Crippen molar-refractivity contribution in [2.45, 2.75) is 26.0 Å². The van der Waals surface area contributed by atoms with E-state index in [-0.39, 0.29) is 24.1 Å². The second kappa shape index (κ2) is 9.02. The zero-order chi connectivity index (χ0) is 24.7. The number of piperazine rings is 1. The number of likely N-dealkylation sites (tertiary alicyclic amines) is 1. The summed E-state index contributed by atoms with van der Waals surface area (Å²) < 4.78 is 5.72. The smallest absolute Gasteiger partial charge is 0.407 e. The Bertz CT molecular complexity index is 1280. The molecule has 3 amide bonds. The van der Waals surface area contributed by atoms with Crippen LogP contribution < -0.4 is 20.7 Å². The zero-order valence-electron chi connectivity index (χ0n) is 19.2. The van der Waals surface area contributed by atoms with E-state index < -0.39 is 6.09 Å². The molecule has 0 spiro atoms. The number of pyridine rings is 1. The average molecular weight is 500 g/mol. The SMILES string of the molecule is Cc1cc(OC2CN(C(=O)O)C2)ncc1NC(=O)N1CCN(c2nc(N)nc3scnc23)[C@@H](C)C1. The molecular formula is C21H25N9O4S. The quantitative estimate of drug-likeness (QED) is 0.483. The molecule has 3 aromatic heterocycles. The molecule has 1 atom stereocenters. The third-order valence-electron chi connectivity index (χ3n) is 6.12. The van der Waals surface area contributed by atoms with E-state index in [1.165, 1.54) is 16.2 Å². The van der Waals surface area contributed by atoms with Crippen LogP contribution in [0, 0.1) is 6.92 Å². The first kappa shape index (κ1) is 22.8. The number of amides is 3. The van der Waals surface area contributed by atoms with Crippen LogP contribution in [0.1, 0.15) is 12.5 Å². The number of nitrogens with one attached hydrogen (secondary N) is 1. The van der Waals surface area contributed by atoms with E-state index in [1.807, 2.05) is 13.8 Å². The van der Waals surface area contributed by atoms with Crippen molar-refractivity contribution in [2.24, 2.45) is 0 Å². The van der Waals surface area contributed by atoms with Crippen LogP contribution in [-0.2, 0) is 0 Å². The van der Waals surface area contributed by atoms with Crippen LogP contribution in [0.4, 0.5) is 27.0 Å². The van der Waals surface area contributed by atoms with Crippen LogP contribution in [0.5, 0.6) is 5.88 Å². The van der Waals surface area contributed by atoms with Crippen LogP contribution in [0.3, 0.4) is 0 Å². The summed E-state index contributed by atoms with van der Waals surface area (Å²) in [6.07, 6.45) is 0.380. The first-order valence-electron chi connectivity index (χ1n) is 11.1. The lowest BCUT2D eigenvalue weighted by molar-refractivity contribution is 0.0227. The second-order valence-corrected chi connectivity index (χ2v) is 9.43. The molecule has 5 heterocycles. The summed E-state index contributed by atoms with van der Waals surface area (Å²) in [6.45, 7) is 6.09. The van der Waals surface area contributed by atoms with Gasteiger partial charge in [-0.1, -0.05) is 0 Å². The Morgan fingerprint density at radius 1 is 1.20 bits per heavy atom. The highest BCUT2D eigenvalue weighted by atomic mass is 32.1. The van der Waals surface area contributed by atoms with Crippen LogP contribution >= 0.6 is 11.3 Å². The van der Waals surface area contributed by atoms with Gasteiger partial charge in [-0.25, -0.2) is 24.5 Å². The molecular weight excluding hydrogens is 474 g/mol. The number of nitrogens with two attached hydrogens (primary N) is 1. The topological polar surface area (TPSA) is 163 Å². The molecule has 3 aromatic rings. The fourth-order valence-electron chi connectivity index (χ4n) is 4.18. The van der Waals surface area contributed by atoms with E-state index in [1.54, 1.807) is 22.7 Å². The number of fused-ring (bicyclic) bond motifs is 1. The maximum atomic E-state index is 13.0. The lowest BCUT2D eigenvalue weighted by Crippen LogP contribution is -2.55. The van der Waals surface area contributed by atoms with Gasteiger partial charge in [-0.2, -0.15) is 4.98 Å². The minimum absolute atomic E-state index is 0.00320. The van der Waals surface area contributed by atoms with E-state index in [0.29, 0.717) is 50.1 Å². The van der Waals surface area contributed by atoms with Gasteiger partial charge in [-0.05, 0) is 19.4 Å². The molecule has 4 N–H and O–H groups in total. The third-order valence-corrected chi connectivity index (χ3v) is 6.84. The van der Waals surface area contributed by atoms with Crippen molar-refractivity contribution in [1.82, 2.24) is 29.7 Å². The zero-order valence-corrected chi connectivity index (χ0v) is 20.0. The average Bonchev–Trinajstić information content (AvgIpc) is 3.25. The summed E-state index contributed by atoms with van der Waals surface area (Å²) in [4.78, 5) is 47.0. The summed E-state index contributed by atoms with van der Waals surface area (Å²) in [7, 11) is 0. The largest absolute Gasteiger partial charge is 0.471 e. The predicted octanol–water partition coefficient (Wildman–Crippen LogP) is 1.86. The minimum atomic E-state index is -0.959. The van der Waals surface area contributed by atoms with Gasteiger partial charge in [0.1, 0.15) is 11.6 Å². The number of nitrogen functional groups attached to an aromatic ring is 1. The van der Waals surface area contributed by atoms with Crippen LogP contribution in [0.2, 0.25) is 0 Å². The van der Waals surface area contributed by atoms with Crippen molar-refractivity contribution in [3.8, 4) is 5.88 Å². The molecule has 0 aliphatic carbocycles. The van der Waals surface area contributed by atoms with Gasteiger partial charge >= 0.3 is 12.1 Å². The number of carboxylic acid groups (broad SMARTS) is 1. The monoisotopic (exact) mass is 499 g/mol. The molecule has 0 unspecified atom stereocenters. The summed E-state index contributed by atoms with van der Waals surface area (Å²) in [6, 6.07) is 1.52. The van der Waals surface area contributed by atoms with E-state index in [9.17, 15) is 9.59 Å². The van der Waals surface area contributed by atoms with Gasteiger partial charge in [0, 0.05) is 31.7 Å². The highest BCUT2D eigenvalue weighted by Gasteiger charge is 2.33. The number of carbonyl (C=O) groups is 2. The Labute approximate surface area is 204 Å². The molecule has 2 saturated heterocycles. The number of carbonyl (C=O) groups excluding carboxylic acids is 1. The number of aryl methyl sites for hydroxylation is 1. The number of nitrogens with zero attached hydrogens (tertiary/aromatic N) is 7. The Morgan fingerprint density at radius 3 is 2.71 bits per heavy atom. The van der Waals surface area contributed by atoms with Crippen molar-refractivity contribution >= 4 is 51.3 Å². The molecule has 2 aliphatic rings. The maximum absolute atomic E-state index is 13.0. The molecule has 2 fully saturated rings. The fraction of sp³-hybridized carbons (Fsp3) is 0.429. The van der Waals surface area contributed by atoms with Gasteiger partial charge in [0.2, 0.25) is 11.8 Å². The molecule has 35 heavy (non-hydrogen) atoms. The molecule has 2 aliphatic heterocycles. The number of ether oxygens (including phenoxy) is 1. The van der Waals surface area contributed by atoms with Gasteiger partial charge in [-0.15, -0.1) is 11.3 Å². The molecule has 0 saturated carbocycles. The van der Waals surface area contributed by atoms with E-state index in [2.05, 4.69) is 30.2 Å². The van der Waals surface area contributed by atoms with Crippen molar-refractivity contribution in [3.63, 3.8) is 0 Å². The number of hydrogen-bond donors (Lipinski definition) is 3. The lowest BCUT2D eigenvalue weighted by atomic mass is 10.2. The van der Waals surface area contributed by atoms with Crippen molar-refractivity contribution < 1.29 is 19.4 Å². The predicted molar refractivity (Wildman–Crippen MR) is 130 cm³/mol. The Morgan fingerprint density at radius 2 is 2.00 bits per heavy atom. The number of anilines is 3. The summed E-state index contributed by atoms with van der Waals surface area (Å²) in [5, 5.41) is 11.8. The van der Waals surface area contributed by atoms with Crippen LogP contribution in [0.15, 0.2) is 17.8 Å². The Balaban J connectivity index is 1.19. The summed E-state index contributed by atoms with van der Waals surface area (Å²) >= 11 is 1.41. The molecule has 13 nitrogen and oxygen atoms in total. The molecule has 0 bridgehead atoms. The van der Waals surface area contributed by atoms with Gasteiger partial charge in [-0.3, -0.25) is 0 Å². The first-order valence-corrected chi connectivity index (χ1v) is 12.0. The normalized spacial score (nSPS) is 18.5. The fourth-order valence-corrected chi connectivity index (χ4v) is 4.84. The number of urea groups is 1. The molecule has 184 valence electrons. The Hall–Kier alpha value is -3.94. The number of aromatic nitrogens is 4. The number of rotatable bonds is 4. The molecule has 0 radical (unpaired) electrons. The standard InChI is InChI=1S/C21H25N9O4S/c1-11-5-15(34-13-8-29(9-13)21(32)33)23-6-14(11)25-20(31)28-3-4-30(12(2)7-28)17-16-18(35-10-24-16)27-19(22)26-17/h5-6,10,12-13H,3-4,7-9H2,1-2H3,(H,25,31)(H,32,33)(H2,22,26,27)/t12-/m0/s1. The van der Waals surface area contributed by atoms with Gasteiger partial charge < -0.3 is 35.6 Å². The highest BCUT2D eigenvalue weighted by molar-refractivity contribution is 7.16. The number of hydrogen-bond acceptors (Lipinski definition) is 10. The van der Waals surface area contributed by atoms with E-state index in [0.717, 1.165) is 15.9 Å². The lowest BCUT2D eigenvalue weighted by Gasteiger charge is -2.40. The first-order chi connectivity index (χ1) is 16.8. The van der Waals surface area contributed by atoms with Gasteiger partial charge in [0.25, 0.3) is 0 Å². The molecule has 0 aromatic carbocycles. The van der Waals surface area contributed by atoms with Crippen molar-refractivity contribution in [1.29, 1.82) is 0 Å². The third kappa shape index (κ3) is 4.56. The molecule has 14 heteroatoms. The van der Waals surface area contributed by atoms with E-state index >= 15 is 0 Å². The maximum Gasteiger partial charge on any atom is 0.407 e. The molecule has 5 rings (SSSR count). The highest BCUT2D eigenvalue weighted by Crippen LogP contribution is 2.29.